The second kappa shape index (κ2) is 4.76. The van der Waals surface area contributed by atoms with Gasteiger partial charge in [-0.05, 0) is 39.0 Å². The molecule has 3 atom stereocenters. The Hall–Kier alpha value is -0.990. The molecule has 1 aromatic heterocycles. The zero-order valence-corrected chi connectivity index (χ0v) is 12.8. The van der Waals surface area contributed by atoms with Crippen LogP contribution in [0.25, 0.3) is 0 Å². The molecular weight excluding hydrogens is 294 g/mol. The van der Waals surface area contributed by atoms with E-state index in [4.69, 9.17) is 9.26 Å². The van der Waals surface area contributed by atoms with Gasteiger partial charge in [0, 0.05) is 6.54 Å². The van der Waals surface area contributed by atoms with Crippen molar-refractivity contribution in [2.75, 3.05) is 6.54 Å². The number of aromatic nitrogens is 2. The van der Waals surface area contributed by atoms with Crippen LogP contribution in [0.3, 0.4) is 0 Å². The molecule has 1 saturated carbocycles. The second-order valence-electron chi connectivity index (χ2n) is 6.13. The second-order valence-corrected chi connectivity index (χ2v) is 8.30. The van der Waals surface area contributed by atoms with Gasteiger partial charge in [-0.25, -0.2) is 8.42 Å². The van der Waals surface area contributed by atoms with Crippen LogP contribution in [0.1, 0.15) is 49.9 Å². The molecule has 1 aromatic rings. The zero-order valence-electron chi connectivity index (χ0n) is 11.9. The molecule has 3 aliphatic rings. The number of sulfonamides is 1. The van der Waals surface area contributed by atoms with E-state index < -0.39 is 10.0 Å². The van der Waals surface area contributed by atoms with Crippen molar-refractivity contribution in [3.63, 3.8) is 0 Å². The van der Waals surface area contributed by atoms with Gasteiger partial charge >= 0.3 is 0 Å². The van der Waals surface area contributed by atoms with Gasteiger partial charge in [0.25, 0.3) is 5.89 Å². The highest BCUT2D eigenvalue weighted by Crippen LogP contribution is 2.41. The summed E-state index contributed by atoms with van der Waals surface area (Å²) in [6, 6.07) is -0.0177. The molecule has 0 bridgehead atoms. The van der Waals surface area contributed by atoms with E-state index in [1.54, 1.807) is 11.2 Å². The van der Waals surface area contributed by atoms with E-state index >= 15 is 0 Å². The quantitative estimate of drug-likeness (QED) is 0.832. The standard InChI is InChI=1S/C13H19N3O4S/c1-8-14-13(20-15-8)12-5-4-10-11(19-12)6-7-16(10)21(17,18)9-2-3-9/h9-12H,2-7H2,1H3/t10-,11-,12-/m0/s1. The normalized spacial score (nSPS) is 34.0. The van der Waals surface area contributed by atoms with E-state index in [-0.39, 0.29) is 23.5 Å². The van der Waals surface area contributed by atoms with Gasteiger partial charge in [-0.3, -0.25) is 0 Å². The first kappa shape index (κ1) is 13.7. The molecule has 4 rings (SSSR count). The SMILES string of the molecule is Cc1noc([C@@H]2CC[C@H]3[C@H](CCN3S(=O)(=O)C3CC3)O2)n1. The first-order valence-corrected chi connectivity index (χ1v) is 9.02. The summed E-state index contributed by atoms with van der Waals surface area (Å²) < 4.78 is 37.8. The molecule has 21 heavy (non-hydrogen) atoms. The van der Waals surface area contributed by atoms with Crippen LogP contribution in [-0.4, -0.2) is 46.8 Å². The highest BCUT2D eigenvalue weighted by atomic mass is 32.2. The van der Waals surface area contributed by atoms with Gasteiger partial charge < -0.3 is 9.26 Å². The number of ether oxygens (including phenoxy) is 1. The molecule has 116 valence electrons. The first-order valence-electron chi connectivity index (χ1n) is 7.52. The molecule has 8 heteroatoms. The lowest BCUT2D eigenvalue weighted by atomic mass is 10.00. The maximum Gasteiger partial charge on any atom is 0.255 e. The third kappa shape index (κ3) is 2.29. The fraction of sp³-hybridized carbons (Fsp3) is 0.846. The van der Waals surface area contributed by atoms with Crippen molar-refractivity contribution < 1.29 is 17.7 Å². The Bertz CT molecular complexity index is 640. The van der Waals surface area contributed by atoms with Crippen LogP contribution in [0.5, 0.6) is 0 Å². The van der Waals surface area contributed by atoms with E-state index in [2.05, 4.69) is 10.1 Å². The molecule has 7 nitrogen and oxygen atoms in total. The third-order valence-electron chi connectivity index (χ3n) is 4.59. The number of rotatable bonds is 3. The van der Waals surface area contributed by atoms with E-state index in [9.17, 15) is 8.42 Å². The predicted molar refractivity (Wildman–Crippen MR) is 72.9 cm³/mol. The molecule has 0 aromatic carbocycles. The lowest BCUT2D eigenvalue weighted by molar-refractivity contribution is -0.0753. The summed E-state index contributed by atoms with van der Waals surface area (Å²) in [5.41, 5.74) is 0. The maximum absolute atomic E-state index is 12.4. The Labute approximate surface area is 123 Å². The Morgan fingerprint density at radius 3 is 2.67 bits per heavy atom. The summed E-state index contributed by atoms with van der Waals surface area (Å²) in [4.78, 5) is 4.22. The van der Waals surface area contributed by atoms with Crippen LogP contribution in [0.15, 0.2) is 4.52 Å². The van der Waals surface area contributed by atoms with Crippen molar-refractivity contribution in [3.8, 4) is 0 Å². The average molecular weight is 313 g/mol. The van der Waals surface area contributed by atoms with Crippen LogP contribution in [0, 0.1) is 6.92 Å². The predicted octanol–water partition coefficient (Wildman–Crippen LogP) is 1.16. The van der Waals surface area contributed by atoms with Gasteiger partial charge in [-0.2, -0.15) is 9.29 Å². The fourth-order valence-corrected chi connectivity index (χ4v) is 5.48. The summed E-state index contributed by atoms with van der Waals surface area (Å²) in [6.45, 7) is 2.35. The Morgan fingerprint density at radius 2 is 2.00 bits per heavy atom. The summed E-state index contributed by atoms with van der Waals surface area (Å²) in [7, 11) is -3.11. The lowest BCUT2D eigenvalue weighted by Crippen LogP contribution is -2.44. The molecule has 0 amide bonds. The van der Waals surface area contributed by atoms with E-state index in [0.717, 1.165) is 32.1 Å². The van der Waals surface area contributed by atoms with Crippen molar-refractivity contribution in [3.05, 3.63) is 11.7 Å². The minimum atomic E-state index is -3.11. The Morgan fingerprint density at radius 1 is 1.19 bits per heavy atom. The first-order chi connectivity index (χ1) is 10.1. The summed E-state index contributed by atoms with van der Waals surface area (Å²) >= 11 is 0. The summed E-state index contributed by atoms with van der Waals surface area (Å²) in [5.74, 6) is 1.11. The van der Waals surface area contributed by atoms with Crippen molar-refractivity contribution in [1.82, 2.24) is 14.4 Å². The van der Waals surface area contributed by atoms with Gasteiger partial charge in [-0.1, -0.05) is 5.16 Å². The van der Waals surface area contributed by atoms with Gasteiger partial charge in [0.1, 0.15) is 6.10 Å². The Balaban J connectivity index is 1.49. The highest BCUT2D eigenvalue weighted by Gasteiger charge is 2.50. The van der Waals surface area contributed by atoms with Gasteiger partial charge in [0.05, 0.1) is 17.4 Å². The molecule has 3 heterocycles. The molecule has 1 aliphatic carbocycles. The topological polar surface area (TPSA) is 85.5 Å². The van der Waals surface area contributed by atoms with E-state index in [1.165, 1.54) is 0 Å². The van der Waals surface area contributed by atoms with Crippen LogP contribution < -0.4 is 0 Å². The minimum Gasteiger partial charge on any atom is -0.363 e. The minimum absolute atomic E-state index is 0.0177. The molecule has 0 radical (unpaired) electrons. The van der Waals surface area contributed by atoms with Crippen molar-refractivity contribution in [1.29, 1.82) is 0 Å². The monoisotopic (exact) mass is 313 g/mol. The van der Waals surface area contributed by atoms with Crippen molar-refractivity contribution in [2.24, 2.45) is 0 Å². The number of aryl methyl sites for hydroxylation is 1. The maximum atomic E-state index is 12.4. The van der Waals surface area contributed by atoms with Crippen molar-refractivity contribution >= 4 is 10.0 Å². The van der Waals surface area contributed by atoms with E-state index in [0.29, 0.717) is 18.3 Å². The molecule has 2 aliphatic heterocycles. The number of hydrogen-bond acceptors (Lipinski definition) is 6. The van der Waals surface area contributed by atoms with E-state index in [1.807, 2.05) is 0 Å². The highest BCUT2D eigenvalue weighted by molar-refractivity contribution is 7.90. The third-order valence-corrected chi connectivity index (χ3v) is 7.01. The smallest absolute Gasteiger partial charge is 0.255 e. The largest absolute Gasteiger partial charge is 0.363 e. The molecule has 0 spiro atoms. The number of hydrogen-bond donors (Lipinski definition) is 0. The van der Waals surface area contributed by atoms with Crippen LogP contribution in [0.4, 0.5) is 0 Å². The summed E-state index contributed by atoms with van der Waals surface area (Å²) in [5, 5.41) is 3.64. The van der Waals surface area contributed by atoms with Crippen LogP contribution in [0.2, 0.25) is 0 Å². The number of fused-ring (bicyclic) bond motifs is 1. The van der Waals surface area contributed by atoms with Crippen LogP contribution in [-0.2, 0) is 14.8 Å². The molecule has 0 unspecified atom stereocenters. The Kier molecular flexibility index (Phi) is 3.09. The molecule has 2 saturated heterocycles. The van der Waals surface area contributed by atoms with Crippen molar-refractivity contribution in [2.45, 2.75) is 62.5 Å². The van der Waals surface area contributed by atoms with Gasteiger partial charge in [0.2, 0.25) is 10.0 Å². The van der Waals surface area contributed by atoms with Gasteiger partial charge in [0.15, 0.2) is 5.82 Å². The molecular formula is C13H19N3O4S. The zero-order chi connectivity index (χ0) is 14.6. The fourth-order valence-electron chi connectivity index (χ4n) is 3.39. The van der Waals surface area contributed by atoms with Gasteiger partial charge in [-0.15, -0.1) is 0 Å². The average Bonchev–Trinajstić information content (AvgIpc) is 3.10. The number of nitrogens with zero attached hydrogens (tertiary/aromatic N) is 3. The lowest BCUT2D eigenvalue weighted by Gasteiger charge is -2.34. The van der Waals surface area contributed by atoms with Crippen LogP contribution >= 0.6 is 0 Å². The summed E-state index contributed by atoms with van der Waals surface area (Å²) in [6.07, 6.45) is 3.63. The molecule has 0 N–H and O–H groups in total. The molecule has 3 fully saturated rings.